The molecular weight excluding hydrogens is 400 g/mol. The summed E-state index contributed by atoms with van der Waals surface area (Å²) < 4.78 is 7.55. The van der Waals surface area contributed by atoms with Crippen molar-refractivity contribution in [2.45, 2.75) is 44.1 Å². The number of aromatic nitrogens is 3. The van der Waals surface area contributed by atoms with Crippen LogP contribution in [0.2, 0.25) is 0 Å². The third-order valence-corrected chi connectivity index (χ3v) is 5.37. The van der Waals surface area contributed by atoms with E-state index in [1.165, 1.54) is 0 Å². The average Bonchev–Trinajstić information content (AvgIpc) is 3.19. The summed E-state index contributed by atoms with van der Waals surface area (Å²) in [4.78, 5) is 32.6. The molecule has 1 aliphatic carbocycles. The number of aliphatic hydroxyl groups excluding tert-OH is 1. The van der Waals surface area contributed by atoms with Gasteiger partial charge >= 0.3 is 0 Å². The van der Waals surface area contributed by atoms with Crippen molar-refractivity contribution in [2.24, 2.45) is 11.5 Å². The molecule has 1 atom stereocenters. The van der Waals surface area contributed by atoms with Crippen LogP contribution < -0.4 is 21.5 Å². The SMILES string of the molecule is NC(=O)c1cccnc1O[C@H]1CC[C@H](NC(=O)c2cn3cc(C(N)O)ccc3n2)CC1. The summed E-state index contributed by atoms with van der Waals surface area (Å²) >= 11 is 0. The number of imidazole rings is 1. The average molecular weight is 424 g/mol. The Hall–Kier alpha value is -3.50. The number of nitrogens with two attached hydrogens (primary N) is 2. The lowest BCUT2D eigenvalue weighted by molar-refractivity contribution is 0.0877. The fraction of sp³-hybridized carbons (Fsp3) is 0.333. The van der Waals surface area contributed by atoms with Crippen LogP contribution in [0.3, 0.4) is 0 Å². The maximum absolute atomic E-state index is 12.6. The predicted octanol–water partition coefficient (Wildman–Crippen LogP) is 0.898. The van der Waals surface area contributed by atoms with Gasteiger partial charge in [-0.1, -0.05) is 0 Å². The highest BCUT2D eigenvalue weighted by atomic mass is 16.5. The second kappa shape index (κ2) is 8.70. The van der Waals surface area contributed by atoms with Gasteiger partial charge in [0.05, 0.1) is 0 Å². The smallest absolute Gasteiger partial charge is 0.271 e. The van der Waals surface area contributed by atoms with Crippen LogP contribution in [0.15, 0.2) is 42.9 Å². The zero-order chi connectivity index (χ0) is 22.0. The van der Waals surface area contributed by atoms with E-state index in [0.717, 1.165) is 12.8 Å². The summed E-state index contributed by atoms with van der Waals surface area (Å²) in [5, 5.41) is 12.5. The van der Waals surface area contributed by atoms with Crippen LogP contribution in [0.1, 0.15) is 58.3 Å². The van der Waals surface area contributed by atoms with Gasteiger partial charge in [-0.3, -0.25) is 9.59 Å². The van der Waals surface area contributed by atoms with E-state index < -0.39 is 12.1 Å². The zero-order valence-electron chi connectivity index (χ0n) is 16.8. The number of pyridine rings is 2. The number of carbonyl (C=O) groups excluding carboxylic acids is 2. The number of nitrogens with zero attached hydrogens (tertiary/aromatic N) is 3. The van der Waals surface area contributed by atoms with E-state index in [4.69, 9.17) is 16.2 Å². The topological polar surface area (TPSA) is 158 Å². The lowest BCUT2D eigenvalue weighted by Gasteiger charge is -2.29. The molecule has 0 saturated heterocycles. The molecular formula is C21H24N6O4. The second-order valence-corrected chi connectivity index (χ2v) is 7.58. The van der Waals surface area contributed by atoms with Crippen molar-refractivity contribution in [1.29, 1.82) is 0 Å². The Morgan fingerprint density at radius 1 is 1.19 bits per heavy atom. The van der Waals surface area contributed by atoms with Crippen LogP contribution >= 0.6 is 0 Å². The standard InChI is InChI=1S/C21H24N6O4/c22-18(28)12-3-8-17-26-16(11-27(17)10-12)20(30)25-13-4-6-14(7-5-13)31-21-15(19(23)29)2-1-9-24-21/h1-3,8-11,13-14,18,28H,4-7,22H2,(H2,23,29)(H,25,30)/t13-,14-,18?. The molecule has 0 bridgehead atoms. The van der Waals surface area contributed by atoms with Crippen molar-refractivity contribution < 1.29 is 19.4 Å². The highest BCUT2D eigenvalue weighted by Crippen LogP contribution is 2.25. The molecule has 0 aliphatic heterocycles. The number of hydrogen-bond donors (Lipinski definition) is 4. The van der Waals surface area contributed by atoms with Crippen molar-refractivity contribution in [3.8, 4) is 5.88 Å². The first-order valence-electron chi connectivity index (χ1n) is 10.1. The van der Waals surface area contributed by atoms with Gasteiger partial charge in [0.2, 0.25) is 5.88 Å². The van der Waals surface area contributed by atoms with Gasteiger partial charge in [0.1, 0.15) is 29.2 Å². The number of nitrogens with one attached hydrogen (secondary N) is 1. The first kappa shape index (κ1) is 20.8. The van der Waals surface area contributed by atoms with Gasteiger partial charge in [-0.2, -0.15) is 0 Å². The maximum Gasteiger partial charge on any atom is 0.271 e. The molecule has 6 N–H and O–H groups in total. The first-order valence-corrected chi connectivity index (χ1v) is 10.1. The van der Waals surface area contributed by atoms with E-state index in [-0.39, 0.29) is 29.5 Å². The Bertz CT molecular complexity index is 1100. The number of fused-ring (bicyclic) bond motifs is 1. The molecule has 2 amide bonds. The molecule has 3 aromatic rings. The summed E-state index contributed by atoms with van der Waals surface area (Å²) in [6.45, 7) is 0. The molecule has 1 aliphatic rings. The molecule has 0 aromatic carbocycles. The van der Waals surface area contributed by atoms with Gasteiger partial charge in [-0.15, -0.1) is 0 Å². The Kier molecular flexibility index (Phi) is 5.83. The van der Waals surface area contributed by atoms with Gasteiger partial charge in [0.15, 0.2) is 0 Å². The molecule has 1 saturated carbocycles. The number of primary amides is 1. The van der Waals surface area contributed by atoms with Crippen LogP contribution in [-0.4, -0.2) is 43.4 Å². The summed E-state index contributed by atoms with van der Waals surface area (Å²) in [6.07, 6.45) is 6.49. The van der Waals surface area contributed by atoms with E-state index in [1.54, 1.807) is 47.3 Å². The molecule has 1 unspecified atom stereocenters. The number of aliphatic hydroxyl groups is 1. The van der Waals surface area contributed by atoms with Crippen LogP contribution in [0.5, 0.6) is 5.88 Å². The predicted molar refractivity (Wildman–Crippen MR) is 111 cm³/mol. The number of amides is 2. The Labute approximate surface area is 178 Å². The van der Waals surface area contributed by atoms with Crippen molar-refractivity contribution >= 4 is 17.5 Å². The van der Waals surface area contributed by atoms with Crippen LogP contribution in [-0.2, 0) is 0 Å². The molecule has 3 aromatic heterocycles. The van der Waals surface area contributed by atoms with E-state index in [2.05, 4.69) is 15.3 Å². The highest BCUT2D eigenvalue weighted by molar-refractivity contribution is 5.95. The van der Waals surface area contributed by atoms with Crippen molar-refractivity contribution in [3.05, 3.63) is 59.7 Å². The molecule has 3 heterocycles. The molecule has 0 spiro atoms. The Balaban J connectivity index is 1.34. The fourth-order valence-corrected chi connectivity index (χ4v) is 3.71. The van der Waals surface area contributed by atoms with Gasteiger partial charge < -0.3 is 31.0 Å². The lowest BCUT2D eigenvalue weighted by Crippen LogP contribution is -2.40. The summed E-state index contributed by atoms with van der Waals surface area (Å²) in [5.41, 5.74) is 12.5. The van der Waals surface area contributed by atoms with E-state index in [1.807, 2.05) is 0 Å². The number of hydrogen-bond acceptors (Lipinski definition) is 7. The van der Waals surface area contributed by atoms with E-state index in [0.29, 0.717) is 29.7 Å². The third kappa shape index (κ3) is 4.65. The van der Waals surface area contributed by atoms with Crippen molar-refractivity contribution in [1.82, 2.24) is 19.7 Å². The molecule has 162 valence electrons. The molecule has 10 nitrogen and oxygen atoms in total. The quantitative estimate of drug-likeness (QED) is 0.428. The number of rotatable bonds is 6. The summed E-state index contributed by atoms with van der Waals surface area (Å²) in [5.74, 6) is -0.595. The minimum absolute atomic E-state index is 0.00192. The number of ether oxygens (including phenoxy) is 1. The normalized spacial score (nSPS) is 19.7. The van der Waals surface area contributed by atoms with Crippen LogP contribution in [0.25, 0.3) is 5.65 Å². The van der Waals surface area contributed by atoms with Gasteiger partial charge in [0.25, 0.3) is 11.8 Å². The van der Waals surface area contributed by atoms with Gasteiger partial charge in [0, 0.05) is 30.2 Å². The lowest BCUT2D eigenvalue weighted by atomic mass is 9.93. The molecule has 0 radical (unpaired) electrons. The molecule has 1 fully saturated rings. The third-order valence-electron chi connectivity index (χ3n) is 5.37. The second-order valence-electron chi connectivity index (χ2n) is 7.58. The number of carbonyl (C=O) groups is 2. The zero-order valence-corrected chi connectivity index (χ0v) is 16.8. The Morgan fingerprint density at radius 2 is 1.97 bits per heavy atom. The summed E-state index contributed by atoms with van der Waals surface area (Å²) in [6, 6.07) is 6.59. The fourth-order valence-electron chi connectivity index (χ4n) is 3.71. The van der Waals surface area contributed by atoms with E-state index in [9.17, 15) is 14.7 Å². The van der Waals surface area contributed by atoms with Gasteiger partial charge in [-0.05, 0) is 49.9 Å². The maximum atomic E-state index is 12.6. The summed E-state index contributed by atoms with van der Waals surface area (Å²) in [7, 11) is 0. The highest BCUT2D eigenvalue weighted by Gasteiger charge is 2.26. The minimum Gasteiger partial charge on any atom is -0.474 e. The Morgan fingerprint density at radius 3 is 2.68 bits per heavy atom. The molecule has 4 rings (SSSR count). The molecule has 31 heavy (non-hydrogen) atoms. The van der Waals surface area contributed by atoms with E-state index >= 15 is 0 Å². The van der Waals surface area contributed by atoms with Crippen LogP contribution in [0.4, 0.5) is 0 Å². The van der Waals surface area contributed by atoms with Gasteiger partial charge in [-0.25, -0.2) is 9.97 Å². The molecule has 10 heteroatoms. The largest absolute Gasteiger partial charge is 0.474 e. The van der Waals surface area contributed by atoms with Crippen LogP contribution in [0, 0.1) is 0 Å². The monoisotopic (exact) mass is 424 g/mol. The first-order chi connectivity index (χ1) is 14.9. The van der Waals surface area contributed by atoms with Crippen molar-refractivity contribution in [2.75, 3.05) is 0 Å². The minimum atomic E-state index is -1.09. The van der Waals surface area contributed by atoms with Crippen molar-refractivity contribution in [3.63, 3.8) is 0 Å².